The van der Waals surface area contributed by atoms with Gasteiger partial charge in [0, 0.05) is 10.3 Å². The fourth-order valence-electron chi connectivity index (χ4n) is 2.96. The Bertz CT molecular complexity index is 705. The van der Waals surface area contributed by atoms with Gasteiger partial charge in [-0.25, -0.2) is 0 Å². The van der Waals surface area contributed by atoms with Crippen LogP contribution in [0.2, 0.25) is 39.3 Å². The van der Waals surface area contributed by atoms with Crippen molar-refractivity contribution in [3.63, 3.8) is 0 Å². The van der Waals surface area contributed by atoms with Gasteiger partial charge in [-0.1, -0.05) is 82.3 Å². The van der Waals surface area contributed by atoms with E-state index in [1.165, 1.54) is 16.0 Å². The first kappa shape index (κ1) is 19.4. The molecular formula is C21H32SSi2. The summed E-state index contributed by atoms with van der Waals surface area (Å²) in [5.41, 5.74) is 5.46. The molecule has 0 bridgehead atoms. The number of allylic oxidation sites excluding steroid dienone is 6. The molecular weight excluding hydrogens is 340 g/mol. The van der Waals surface area contributed by atoms with E-state index < -0.39 is 16.1 Å². The Kier molecular flexibility index (Phi) is 5.48. The van der Waals surface area contributed by atoms with Gasteiger partial charge < -0.3 is 0 Å². The van der Waals surface area contributed by atoms with Crippen LogP contribution in [0.25, 0.3) is 5.57 Å². The molecule has 1 aromatic rings. The van der Waals surface area contributed by atoms with E-state index in [1.54, 1.807) is 4.50 Å². The summed E-state index contributed by atoms with van der Waals surface area (Å²) >= 11 is 2.00. The molecule has 1 atom stereocenters. The molecule has 0 fully saturated rings. The Balaban J connectivity index is 2.54. The van der Waals surface area contributed by atoms with Gasteiger partial charge in [-0.2, -0.15) is 0 Å². The molecule has 0 radical (unpaired) electrons. The van der Waals surface area contributed by atoms with E-state index in [1.807, 2.05) is 17.4 Å². The zero-order valence-electron chi connectivity index (χ0n) is 16.4. The van der Waals surface area contributed by atoms with Crippen molar-refractivity contribution in [3.05, 3.63) is 59.2 Å². The lowest BCUT2D eigenvalue weighted by Crippen LogP contribution is -2.34. The number of thiophene rings is 1. The molecule has 0 saturated carbocycles. The Morgan fingerprint density at radius 1 is 1.12 bits per heavy atom. The van der Waals surface area contributed by atoms with Crippen LogP contribution in [0.1, 0.15) is 18.2 Å². The average molecular weight is 373 g/mol. The smallest absolute Gasteiger partial charge is 0.0904 e. The van der Waals surface area contributed by atoms with Gasteiger partial charge in [0.05, 0.1) is 16.1 Å². The molecule has 0 nitrogen and oxygen atoms in total. The highest BCUT2D eigenvalue weighted by atomic mass is 32.1. The number of hydrogen-bond acceptors (Lipinski definition) is 1. The van der Waals surface area contributed by atoms with Gasteiger partial charge in [0.1, 0.15) is 0 Å². The normalized spacial score (nSPS) is 23.5. The Morgan fingerprint density at radius 3 is 2.29 bits per heavy atom. The zero-order chi connectivity index (χ0) is 18.2. The van der Waals surface area contributed by atoms with Crippen LogP contribution in [0.4, 0.5) is 0 Å². The van der Waals surface area contributed by atoms with Crippen LogP contribution in [-0.2, 0) is 0 Å². The van der Waals surface area contributed by atoms with Gasteiger partial charge in [0.25, 0.3) is 0 Å². The lowest BCUT2D eigenvalue weighted by atomic mass is 9.79. The quantitative estimate of drug-likeness (QED) is 0.402. The van der Waals surface area contributed by atoms with E-state index in [0.29, 0.717) is 0 Å². The lowest BCUT2D eigenvalue weighted by Gasteiger charge is -2.28. The summed E-state index contributed by atoms with van der Waals surface area (Å²) < 4.78 is 1.59. The first-order valence-corrected chi connectivity index (χ1v) is 16.7. The minimum absolute atomic E-state index is 0.0805. The summed E-state index contributed by atoms with van der Waals surface area (Å²) in [4.78, 5) is 1.43. The summed E-state index contributed by atoms with van der Waals surface area (Å²) in [7, 11) is -2.52. The SMILES string of the molecule is C=CCC1(C)C=CC(=C[Si](C)(C)C)C(c2ccc([Si](C)(C)C)s2)=C1. The highest BCUT2D eigenvalue weighted by Crippen LogP contribution is 2.40. The minimum atomic E-state index is -1.27. The summed E-state index contributed by atoms with van der Waals surface area (Å²) in [6, 6.07) is 4.71. The fraction of sp³-hybridized carbons (Fsp3) is 0.429. The van der Waals surface area contributed by atoms with Crippen molar-refractivity contribution < 1.29 is 0 Å². The Labute approximate surface area is 154 Å². The van der Waals surface area contributed by atoms with Crippen LogP contribution in [0.3, 0.4) is 0 Å². The maximum absolute atomic E-state index is 3.95. The molecule has 0 aromatic carbocycles. The van der Waals surface area contributed by atoms with E-state index in [2.05, 4.69) is 88.8 Å². The molecule has 1 unspecified atom stereocenters. The van der Waals surface area contributed by atoms with Crippen molar-refractivity contribution in [2.45, 2.75) is 52.6 Å². The maximum Gasteiger partial charge on any atom is 0.0904 e. The van der Waals surface area contributed by atoms with Crippen LogP contribution in [0.5, 0.6) is 0 Å². The second-order valence-electron chi connectivity index (χ2n) is 9.27. The summed E-state index contributed by atoms with van der Waals surface area (Å²) in [6.07, 6.45) is 10.2. The van der Waals surface area contributed by atoms with Gasteiger partial charge >= 0.3 is 0 Å². The molecule has 2 rings (SSSR count). The standard InChI is InChI=1S/C21H32SSi2/c1-9-13-21(2)14-12-17(16-23(3,4)5)18(15-21)19-10-11-20(22-19)24(6,7)8/h9-12,14-16H,1,13H2,2-8H3. The molecule has 0 aliphatic heterocycles. The summed E-state index contributed by atoms with van der Waals surface area (Å²) in [5.74, 6) is 0. The van der Waals surface area contributed by atoms with Crippen molar-refractivity contribution in [2.75, 3.05) is 0 Å². The van der Waals surface area contributed by atoms with Crippen molar-refractivity contribution in [1.29, 1.82) is 0 Å². The van der Waals surface area contributed by atoms with Crippen molar-refractivity contribution in [2.24, 2.45) is 5.41 Å². The monoisotopic (exact) mass is 372 g/mol. The molecule has 0 amide bonds. The predicted molar refractivity (Wildman–Crippen MR) is 119 cm³/mol. The second-order valence-corrected chi connectivity index (χ2v) is 20.8. The molecule has 0 N–H and O–H groups in total. The minimum Gasteiger partial charge on any atom is -0.145 e. The molecule has 130 valence electrons. The maximum atomic E-state index is 3.95. The van der Waals surface area contributed by atoms with Gasteiger partial charge in [0.15, 0.2) is 0 Å². The van der Waals surface area contributed by atoms with E-state index >= 15 is 0 Å². The average Bonchev–Trinajstić information content (AvgIpc) is 2.89. The third-order valence-electron chi connectivity index (χ3n) is 4.21. The summed E-state index contributed by atoms with van der Waals surface area (Å²) in [5, 5.41) is 0. The zero-order valence-corrected chi connectivity index (χ0v) is 19.2. The lowest BCUT2D eigenvalue weighted by molar-refractivity contribution is 0.561. The predicted octanol–water partition coefficient (Wildman–Crippen LogP) is 6.63. The van der Waals surface area contributed by atoms with Crippen LogP contribution in [0, 0.1) is 5.41 Å². The highest BCUT2D eigenvalue weighted by Gasteiger charge is 2.26. The van der Waals surface area contributed by atoms with E-state index in [9.17, 15) is 0 Å². The van der Waals surface area contributed by atoms with E-state index in [4.69, 9.17) is 0 Å². The summed E-state index contributed by atoms with van der Waals surface area (Å²) in [6.45, 7) is 20.8. The molecule has 1 heterocycles. The molecule has 1 aromatic heterocycles. The van der Waals surface area contributed by atoms with Crippen molar-refractivity contribution >= 4 is 37.6 Å². The van der Waals surface area contributed by atoms with Crippen LogP contribution in [-0.4, -0.2) is 16.1 Å². The third kappa shape index (κ3) is 4.81. The van der Waals surface area contributed by atoms with Gasteiger partial charge in [-0.05, 0) is 28.1 Å². The van der Waals surface area contributed by atoms with Crippen LogP contribution < -0.4 is 4.50 Å². The number of hydrogen-bond donors (Lipinski definition) is 0. The molecule has 0 spiro atoms. The molecule has 3 heteroatoms. The third-order valence-corrected chi connectivity index (χ3v) is 10.1. The first-order chi connectivity index (χ1) is 10.9. The Hall–Kier alpha value is -0.906. The Morgan fingerprint density at radius 2 is 1.79 bits per heavy atom. The van der Waals surface area contributed by atoms with Crippen LogP contribution >= 0.6 is 11.3 Å². The number of rotatable bonds is 5. The van der Waals surface area contributed by atoms with Crippen molar-refractivity contribution in [1.82, 2.24) is 0 Å². The van der Waals surface area contributed by atoms with E-state index in [0.717, 1.165) is 6.42 Å². The molecule has 1 aliphatic carbocycles. The molecule has 1 aliphatic rings. The van der Waals surface area contributed by atoms with Gasteiger partial charge in [-0.3, -0.25) is 0 Å². The highest BCUT2D eigenvalue weighted by molar-refractivity contribution is 7.27. The largest absolute Gasteiger partial charge is 0.145 e. The molecule has 0 saturated heterocycles. The van der Waals surface area contributed by atoms with Crippen LogP contribution in [0.15, 0.2) is 54.3 Å². The fourth-order valence-corrected chi connectivity index (χ4v) is 7.08. The van der Waals surface area contributed by atoms with Gasteiger partial charge in [-0.15, -0.1) is 17.9 Å². The van der Waals surface area contributed by atoms with E-state index in [-0.39, 0.29) is 5.41 Å². The second kappa shape index (κ2) is 6.77. The topological polar surface area (TPSA) is 0 Å². The van der Waals surface area contributed by atoms with Gasteiger partial charge in [0.2, 0.25) is 0 Å². The molecule has 24 heavy (non-hydrogen) atoms. The first-order valence-electron chi connectivity index (χ1n) is 8.80. The van der Waals surface area contributed by atoms with Crippen molar-refractivity contribution in [3.8, 4) is 0 Å².